The number of rotatable bonds is 6. The Hall–Kier alpha value is -2.82. The molecule has 0 aliphatic heterocycles. The average Bonchev–Trinajstić information content (AvgIpc) is 2.62. The highest BCUT2D eigenvalue weighted by Gasteiger charge is 2.19. The second-order valence-corrected chi connectivity index (χ2v) is 6.04. The molecule has 1 amide bonds. The first-order valence-corrected chi connectivity index (χ1v) is 8.16. The van der Waals surface area contributed by atoms with Crippen LogP contribution in [0.4, 0.5) is 5.69 Å². The third kappa shape index (κ3) is 5.08. The highest BCUT2D eigenvalue weighted by molar-refractivity contribution is 5.97. The summed E-state index contributed by atoms with van der Waals surface area (Å²) < 4.78 is 10.3. The molecule has 2 aromatic rings. The molecule has 0 aliphatic rings. The van der Waals surface area contributed by atoms with Gasteiger partial charge >= 0.3 is 5.97 Å². The molecule has 2 aromatic carbocycles. The van der Waals surface area contributed by atoms with Gasteiger partial charge in [0.1, 0.15) is 5.75 Å². The van der Waals surface area contributed by atoms with E-state index in [4.69, 9.17) is 9.47 Å². The van der Waals surface area contributed by atoms with E-state index >= 15 is 0 Å². The minimum Gasteiger partial charge on any atom is -0.497 e. The van der Waals surface area contributed by atoms with Crippen LogP contribution in [-0.4, -0.2) is 25.1 Å². The first-order chi connectivity index (χ1) is 11.9. The molecule has 0 spiro atoms. The van der Waals surface area contributed by atoms with Crippen molar-refractivity contribution in [1.29, 1.82) is 0 Å². The molecule has 132 valence electrons. The Balaban J connectivity index is 1.93. The highest BCUT2D eigenvalue weighted by Crippen LogP contribution is 2.18. The van der Waals surface area contributed by atoms with Crippen molar-refractivity contribution >= 4 is 17.6 Å². The van der Waals surface area contributed by atoms with E-state index in [9.17, 15) is 9.59 Å². The third-order valence-corrected chi connectivity index (χ3v) is 3.82. The second-order valence-electron chi connectivity index (χ2n) is 6.04. The number of benzene rings is 2. The number of anilines is 1. The summed E-state index contributed by atoms with van der Waals surface area (Å²) >= 11 is 0. The fourth-order valence-electron chi connectivity index (χ4n) is 2.20. The lowest BCUT2D eigenvalue weighted by Gasteiger charge is -2.14. The molecule has 25 heavy (non-hydrogen) atoms. The number of carbonyl (C=O) groups is 2. The summed E-state index contributed by atoms with van der Waals surface area (Å²) in [6, 6.07) is 14.1. The van der Waals surface area contributed by atoms with E-state index in [1.165, 1.54) is 5.56 Å². The molecule has 0 heterocycles. The normalized spacial score (nSPS) is 11.7. The number of hydrogen-bond donors (Lipinski definition) is 1. The zero-order chi connectivity index (χ0) is 18.4. The van der Waals surface area contributed by atoms with Gasteiger partial charge in [0.05, 0.1) is 12.7 Å². The molecule has 0 fully saturated rings. The van der Waals surface area contributed by atoms with Gasteiger partial charge in [-0.1, -0.05) is 26.0 Å². The summed E-state index contributed by atoms with van der Waals surface area (Å²) in [5, 5.41) is 2.75. The monoisotopic (exact) mass is 341 g/mol. The minimum atomic E-state index is -0.903. The summed E-state index contributed by atoms with van der Waals surface area (Å²) in [4.78, 5) is 24.3. The van der Waals surface area contributed by atoms with Gasteiger partial charge in [0.2, 0.25) is 0 Å². The predicted octanol–water partition coefficient (Wildman–Crippen LogP) is 4.00. The number of ether oxygens (including phenoxy) is 2. The maximum Gasteiger partial charge on any atom is 0.338 e. The van der Waals surface area contributed by atoms with E-state index in [1.54, 1.807) is 38.3 Å². The lowest BCUT2D eigenvalue weighted by atomic mass is 10.0. The van der Waals surface area contributed by atoms with Crippen molar-refractivity contribution in [3.05, 3.63) is 59.7 Å². The molecule has 0 radical (unpaired) electrons. The van der Waals surface area contributed by atoms with E-state index in [2.05, 4.69) is 19.2 Å². The fourth-order valence-corrected chi connectivity index (χ4v) is 2.20. The van der Waals surface area contributed by atoms with Crippen molar-refractivity contribution in [3.8, 4) is 5.75 Å². The molecular formula is C20H23NO4. The fraction of sp³-hybridized carbons (Fsp3) is 0.300. The van der Waals surface area contributed by atoms with Crippen LogP contribution in [0.2, 0.25) is 0 Å². The average molecular weight is 341 g/mol. The second kappa shape index (κ2) is 8.33. The zero-order valence-electron chi connectivity index (χ0n) is 14.9. The molecule has 0 unspecified atom stereocenters. The molecule has 0 aromatic heterocycles. The van der Waals surface area contributed by atoms with Gasteiger partial charge < -0.3 is 14.8 Å². The molecule has 1 atom stereocenters. The van der Waals surface area contributed by atoms with Gasteiger partial charge in [-0.2, -0.15) is 0 Å². The van der Waals surface area contributed by atoms with Gasteiger partial charge in [-0.05, 0) is 54.8 Å². The van der Waals surface area contributed by atoms with E-state index < -0.39 is 12.1 Å². The first kappa shape index (κ1) is 18.5. The van der Waals surface area contributed by atoms with Gasteiger partial charge in [-0.15, -0.1) is 0 Å². The van der Waals surface area contributed by atoms with Gasteiger partial charge in [0.25, 0.3) is 5.91 Å². The van der Waals surface area contributed by atoms with Crippen molar-refractivity contribution in [2.75, 3.05) is 12.4 Å². The summed E-state index contributed by atoms with van der Waals surface area (Å²) in [6.07, 6.45) is -0.903. The van der Waals surface area contributed by atoms with E-state index in [1.807, 2.05) is 24.3 Å². The minimum absolute atomic E-state index is 0.363. The van der Waals surface area contributed by atoms with E-state index in [0.29, 0.717) is 22.9 Å². The van der Waals surface area contributed by atoms with Crippen molar-refractivity contribution < 1.29 is 19.1 Å². The molecule has 0 saturated heterocycles. The maximum atomic E-state index is 12.2. The Kier molecular flexibility index (Phi) is 6.17. The van der Waals surface area contributed by atoms with Crippen molar-refractivity contribution in [2.24, 2.45) is 0 Å². The Labute approximate surface area is 148 Å². The van der Waals surface area contributed by atoms with Gasteiger partial charge in [0.15, 0.2) is 6.10 Å². The van der Waals surface area contributed by atoms with Gasteiger partial charge in [-0.25, -0.2) is 4.79 Å². The van der Waals surface area contributed by atoms with Crippen LogP contribution in [0, 0.1) is 0 Å². The van der Waals surface area contributed by atoms with Gasteiger partial charge in [-0.3, -0.25) is 4.79 Å². The number of methoxy groups -OCH3 is 1. The van der Waals surface area contributed by atoms with Crippen molar-refractivity contribution in [1.82, 2.24) is 0 Å². The Morgan fingerprint density at radius 3 is 2.04 bits per heavy atom. The molecule has 1 N–H and O–H groups in total. The van der Waals surface area contributed by atoms with Crippen LogP contribution >= 0.6 is 0 Å². The van der Waals surface area contributed by atoms with Crippen LogP contribution in [0.1, 0.15) is 42.6 Å². The SMILES string of the molecule is COc1ccc(C(=O)O[C@H](C)C(=O)Nc2ccc(C(C)C)cc2)cc1. The van der Waals surface area contributed by atoms with Crippen LogP contribution in [0.5, 0.6) is 5.75 Å². The summed E-state index contributed by atoms with van der Waals surface area (Å²) in [5.41, 5.74) is 2.22. The molecule has 0 bridgehead atoms. The summed E-state index contributed by atoms with van der Waals surface area (Å²) in [6.45, 7) is 5.75. The quantitative estimate of drug-likeness (QED) is 0.807. The van der Waals surface area contributed by atoms with Crippen molar-refractivity contribution in [2.45, 2.75) is 32.8 Å². The highest BCUT2D eigenvalue weighted by atomic mass is 16.5. The Morgan fingerprint density at radius 1 is 0.920 bits per heavy atom. The number of nitrogens with one attached hydrogen (secondary N) is 1. The standard InChI is InChI=1S/C20H23NO4/c1-13(2)15-5-9-17(10-6-15)21-19(22)14(3)25-20(23)16-7-11-18(24-4)12-8-16/h5-14H,1-4H3,(H,21,22)/t14-/m1/s1. The Bertz CT molecular complexity index is 720. The topological polar surface area (TPSA) is 64.6 Å². The van der Waals surface area contributed by atoms with E-state index in [0.717, 1.165) is 0 Å². The molecule has 0 aliphatic carbocycles. The molecular weight excluding hydrogens is 318 g/mol. The number of amides is 1. The maximum absolute atomic E-state index is 12.2. The third-order valence-electron chi connectivity index (χ3n) is 3.82. The number of esters is 1. The van der Waals surface area contributed by atoms with Crippen molar-refractivity contribution in [3.63, 3.8) is 0 Å². The van der Waals surface area contributed by atoms with Gasteiger partial charge in [0, 0.05) is 5.69 Å². The lowest BCUT2D eigenvalue weighted by Crippen LogP contribution is -2.30. The van der Waals surface area contributed by atoms with Crippen LogP contribution in [0.3, 0.4) is 0 Å². The van der Waals surface area contributed by atoms with Crippen LogP contribution < -0.4 is 10.1 Å². The zero-order valence-corrected chi connectivity index (χ0v) is 14.9. The van der Waals surface area contributed by atoms with Crippen LogP contribution in [-0.2, 0) is 9.53 Å². The van der Waals surface area contributed by atoms with E-state index in [-0.39, 0.29) is 5.91 Å². The molecule has 5 heteroatoms. The first-order valence-electron chi connectivity index (χ1n) is 8.16. The lowest BCUT2D eigenvalue weighted by molar-refractivity contribution is -0.123. The number of carbonyl (C=O) groups excluding carboxylic acids is 2. The van der Waals surface area contributed by atoms with Crippen LogP contribution in [0.25, 0.3) is 0 Å². The van der Waals surface area contributed by atoms with Crippen LogP contribution in [0.15, 0.2) is 48.5 Å². The molecule has 2 rings (SSSR count). The number of hydrogen-bond acceptors (Lipinski definition) is 4. The predicted molar refractivity (Wildman–Crippen MR) is 97.0 cm³/mol. The smallest absolute Gasteiger partial charge is 0.338 e. The summed E-state index contributed by atoms with van der Waals surface area (Å²) in [7, 11) is 1.55. The largest absolute Gasteiger partial charge is 0.497 e. The molecule has 0 saturated carbocycles. The Morgan fingerprint density at radius 2 is 1.52 bits per heavy atom. The molecule has 5 nitrogen and oxygen atoms in total. The summed E-state index contributed by atoms with van der Waals surface area (Å²) in [5.74, 6) is 0.140.